The lowest BCUT2D eigenvalue weighted by Crippen LogP contribution is -2.42. The molecule has 0 N–H and O–H groups in total. The van der Waals surface area contributed by atoms with Crippen molar-refractivity contribution in [2.45, 2.75) is 46.6 Å². The molecule has 1 fully saturated rings. The van der Waals surface area contributed by atoms with E-state index in [-0.39, 0.29) is 0 Å². The van der Waals surface area contributed by atoms with Crippen molar-refractivity contribution in [1.29, 1.82) is 0 Å². The van der Waals surface area contributed by atoms with Gasteiger partial charge in [-0.2, -0.15) is 0 Å². The molecule has 0 amide bonds. The largest absolute Gasteiger partial charge is 0.297 e. The normalized spacial score (nSPS) is 21.1. The minimum Gasteiger partial charge on any atom is -0.297 e. The van der Waals surface area contributed by atoms with Gasteiger partial charge in [0.25, 0.3) is 0 Å². The molecule has 0 saturated carbocycles. The van der Waals surface area contributed by atoms with Gasteiger partial charge in [-0.15, -0.1) is 0 Å². The zero-order chi connectivity index (χ0) is 14.9. The maximum Gasteiger partial charge on any atom is 0.0424 e. The lowest BCUT2D eigenvalue weighted by Gasteiger charge is -2.44. The summed E-state index contributed by atoms with van der Waals surface area (Å²) in [5.41, 5.74) is 1.71. The zero-order valence-corrected chi connectivity index (χ0v) is 14.4. The van der Waals surface area contributed by atoms with Crippen molar-refractivity contribution in [3.8, 4) is 0 Å². The molecule has 0 aliphatic carbocycles. The van der Waals surface area contributed by atoms with Crippen molar-refractivity contribution in [3.05, 3.63) is 33.8 Å². The number of hydrogen-bond donors (Lipinski definition) is 0. The van der Waals surface area contributed by atoms with Gasteiger partial charge in [0.1, 0.15) is 0 Å². The van der Waals surface area contributed by atoms with Gasteiger partial charge in [0.05, 0.1) is 0 Å². The van der Waals surface area contributed by atoms with Crippen LogP contribution in [0.1, 0.15) is 52.1 Å². The van der Waals surface area contributed by atoms with Crippen molar-refractivity contribution in [3.63, 3.8) is 0 Å². The number of piperidine rings is 1. The van der Waals surface area contributed by atoms with Gasteiger partial charge in [-0.05, 0) is 68.0 Å². The maximum atomic E-state index is 6.12. The molecule has 1 aliphatic rings. The summed E-state index contributed by atoms with van der Waals surface area (Å²) in [6.07, 6.45) is 2.53. The molecular formula is C17H25Cl2N. The fraction of sp³-hybridized carbons (Fsp3) is 0.647. The second-order valence-electron chi connectivity index (χ2n) is 6.72. The first-order chi connectivity index (χ1) is 9.32. The molecule has 112 valence electrons. The molecule has 3 heteroatoms. The van der Waals surface area contributed by atoms with Crippen LogP contribution < -0.4 is 0 Å². The van der Waals surface area contributed by atoms with Crippen molar-refractivity contribution in [2.24, 2.45) is 11.3 Å². The number of halogens is 2. The summed E-state index contributed by atoms with van der Waals surface area (Å²) in [4.78, 5) is 2.55. The third-order valence-electron chi connectivity index (χ3n) is 5.25. The molecule has 0 unspecified atom stereocenters. The summed E-state index contributed by atoms with van der Waals surface area (Å²) in [6, 6.07) is 6.25. The first-order valence-corrected chi connectivity index (χ1v) is 8.27. The van der Waals surface area contributed by atoms with E-state index in [1.165, 1.54) is 18.4 Å². The van der Waals surface area contributed by atoms with Gasteiger partial charge >= 0.3 is 0 Å². The first kappa shape index (κ1) is 16.1. The Morgan fingerprint density at radius 2 is 1.50 bits per heavy atom. The van der Waals surface area contributed by atoms with Crippen molar-refractivity contribution >= 4 is 23.2 Å². The lowest BCUT2D eigenvalue weighted by atomic mass is 9.71. The molecule has 1 atom stereocenters. The van der Waals surface area contributed by atoms with Crippen LogP contribution in [-0.4, -0.2) is 18.0 Å². The van der Waals surface area contributed by atoms with Gasteiger partial charge in [-0.1, -0.05) is 44.0 Å². The van der Waals surface area contributed by atoms with Crippen molar-refractivity contribution in [2.75, 3.05) is 13.1 Å². The highest BCUT2D eigenvalue weighted by atomic mass is 35.5. The maximum absolute atomic E-state index is 6.12. The molecule has 0 aromatic heterocycles. The number of benzene rings is 1. The summed E-state index contributed by atoms with van der Waals surface area (Å²) in [5.74, 6) is 0.751. The number of hydrogen-bond acceptors (Lipinski definition) is 1. The van der Waals surface area contributed by atoms with Gasteiger partial charge in [0, 0.05) is 16.1 Å². The molecule has 0 radical (unpaired) electrons. The average molecular weight is 314 g/mol. The van der Waals surface area contributed by atoms with E-state index in [4.69, 9.17) is 23.2 Å². The molecule has 20 heavy (non-hydrogen) atoms. The third-order valence-corrected chi connectivity index (χ3v) is 5.69. The van der Waals surface area contributed by atoms with Crippen LogP contribution in [0.2, 0.25) is 10.0 Å². The quantitative estimate of drug-likeness (QED) is 0.680. The Morgan fingerprint density at radius 3 is 1.95 bits per heavy atom. The van der Waals surface area contributed by atoms with E-state index in [1.54, 1.807) is 6.07 Å². The third kappa shape index (κ3) is 3.50. The Hall–Kier alpha value is -0.240. The van der Waals surface area contributed by atoms with E-state index in [0.29, 0.717) is 11.5 Å². The predicted octanol–water partition coefficient (Wildman–Crippen LogP) is 5.81. The van der Waals surface area contributed by atoms with Crippen LogP contribution in [0.15, 0.2) is 18.2 Å². The van der Waals surface area contributed by atoms with Gasteiger partial charge < -0.3 is 0 Å². The summed E-state index contributed by atoms with van der Waals surface area (Å²) in [7, 11) is 0. The van der Waals surface area contributed by atoms with Crippen molar-refractivity contribution in [1.82, 2.24) is 4.90 Å². The Balaban J connectivity index is 2.06. The van der Waals surface area contributed by atoms with Crippen LogP contribution in [0.5, 0.6) is 0 Å². The van der Waals surface area contributed by atoms with Gasteiger partial charge in [-0.25, -0.2) is 0 Å². The van der Waals surface area contributed by atoms with Gasteiger partial charge in [0.2, 0.25) is 0 Å². The minimum atomic E-state index is 0.378. The van der Waals surface area contributed by atoms with Crippen LogP contribution in [0.3, 0.4) is 0 Å². The molecule has 1 nitrogen and oxygen atoms in total. The molecule has 1 heterocycles. The van der Waals surface area contributed by atoms with Crippen LogP contribution >= 0.6 is 23.2 Å². The van der Waals surface area contributed by atoms with Crippen LogP contribution in [0, 0.1) is 11.3 Å². The molecule has 1 aliphatic heterocycles. The van der Waals surface area contributed by atoms with E-state index in [9.17, 15) is 0 Å². The Morgan fingerprint density at radius 1 is 1.00 bits per heavy atom. The average Bonchev–Trinajstić information content (AvgIpc) is 2.37. The van der Waals surface area contributed by atoms with Gasteiger partial charge in [-0.3, -0.25) is 4.90 Å². The van der Waals surface area contributed by atoms with Crippen LogP contribution in [0.25, 0.3) is 0 Å². The van der Waals surface area contributed by atoms with E-state index in [1.807, 2.05) is 12.1 Å². The smallest absolute Gasteiger partial charge is 0.0424 e. The molecule has 0 bridgehead atoms. The van der Waals surface area contributed by atoms with Crippen LogP contribution in [0.4, 0.5) is 0 Å². The van der Waals surface area contributed by atoms with Crippen molar-refractivity contribution < 1.29 is 0 Å². The standard InChI is InChI=1S/C17H25Cl2N/c1-12(2)17(4)5-7-20(8-6-17)13(3)14-9-15(18)11-16(19)10-14/h9-13H,5-8H2,1-4H3/t13-/m0/s1. The molecule has 1 aromatic carbocycles. The highest BCUT2D eigenvalue weighted by Gasteiger charge is 2.34. The van der Waals surface area contributed by atoms with Gasteiger partial charge in [0.15, 0.2) is 0 Å². The minimum absolute atomic E-state index is 0.378. The summed E-state index contributed by atoms with van der Waals surface area (Å²) in [6.45, 7) is 11.7. The summed E-state index contributed by atoms with van der Waals surface area (Å²) in [5, 5.41) is 1.45. The Bertz CT molecular complexity index is 442. The SMILES string of the molecule is CC(C)C1(C)CCN([C@@H](C)c2cc(Cl)cc(Cl)c2)CC1. The second kappa shape index (κ2) is 6.25. The highest BCUT2D eigenvalue weighted by Crippen LogP contribution is 2.40. The zero-order valence-electron chi connectivity index (χ0n) is 12.9. The number of rotatable bonds is 3. The van der Waals surface area contributed by atoms with E-state index in [2.05, 4.69) is 32.6 Å². The topological polar surface area (TPSA) is 3.24 Å². The fourth-order valence-electron chi connectivity index (χ4n) is 3.03. The first-order valence-electron chi connectivity index (χ1n) is 7.52. The summed E-state index contributed by atoms with van der Waals surface area (Å²) >= 11 is 12.2. The van der Waals surface area contributed by atoms with E-state index >= 15 is 0 Å². The van der Waals surface area contributed by atoms with E-state index in [0.717, 1.165) is 29.1 Å². The highest BCUT2D eigenvalue weighted by molar-refractivity contribution is 6.34. The fourth-order valence-corrected chi connectivity index (χ4v) is 3.57. The molecule has 1 aromatic rings. The molecular weight excluding hydrogens is 289 g/mol. The molecule has 2 rings (SSSR count). The molecule has 0 spiro atoms. The summed E-state index contributed by atoms with van der Waals surface area (Å²) < 4.78 is 0. The Kier molecular flexibility index (Phi) is 5.05. The second-order valence-corrected chi connectivity index (χ2v) is 7.60. The monoisotopic (exact) mass is 313 g/mol. The molecule has 1 saturated heterocycles. The lowest BCUT2D eigenvalue weighted by molar-refractivity contribution is 0.0571. The Labute approximate surface area is 133 Å². The number of nitrogens with zero attached hydrogens (tertiary/aromatic N) is 1. The van der Waals surface area contributed by atoms with Crippen LogP contribution in [-0.2, 0) is 0 Å². The number of likely N-dealkylation sites (tertiary alicyclic amines) is 1. The van der Waals surface area contributed by atoms with E-state index < -0.39 is 0 Å². The predicted molar refractivity (Wildman–Crippen MR) is 88.6 cm³/mol.